The monoisotopic (exact) mass is 1110 g/mol. The van der Waals surface area contributed by atoms with Gasteiger partial charge in [0.2, 0.25) is 0 Å². The highest BCUT2D eigenvalue weighted by molar-refractivity contribution is 14.1. The Morgan fingerprint density at radius 3 is 1.85 bits per heavy atom. The van der Waals surface area contributed by atoms with Gasteiger partial charge in [-0.3, -0.25) is 4.79 Å². The first-order valence-electron chi connectivity index (χ1n) is 26.0. The summed E-state index contributed by atoms with van der Waals surface area (Å²) < 4.78 is 50.9. The first-order chi connectivity index (χ1) is 31.0. The fraction of sp³-hybridized carbons (Fsp3) is 0.804. The largest absolute Gasteiger partial charge is 0.462 e. The molecule has 0 unspecified atom stereocenters. The first-order valence-corrected chi connectivity index (χ1v) is 36.0. The van der Waals surface area contributed by atoms with Crippen LogP contribution in [0.3, 0.4) is 0 Å². The molecule has 0 N–H and O–H groups in total. The average Bonchev–Trinajstić information content (AvgIpc) is 3.18. The van der Waals surface area contributed by atoms with E-state index in [0.717, 1.165) is 37.7 Å². The summed E-state index contributed by atoms with van der Waals surface area (Å²) in [6.07, 6.45) is 20.7. The van der Waals surface area contributed by atoms with Gasteiger partial charge in [-0.05, 0) is 117 Å². The molecule has 0 spiro atoms. The molecular formula is C56H103IO8Si3. The van der Waals surface area contributed by atoms with Crippen molar-refractivity contribution in [2.24, 2.45) is 23.7 Å². The Kier molecular flexibility index (Phi) is 24.7. The Hall–Kier alpha value is -0.689. The van der Waals surface area contributed by atoms with Crippen molar-refractivity contribution < 1.29 is 37.0 Å². The third kappa shape index (κ3) is 19.6. The number of cyclic esters (lactones) is 1. The minimum Gasteiger partial charge on any atom is -0.462 e. The Morgan fingerprint density at radius 1 is 0.779 bits per heavy atom. The number of methoxy groups -OCH3 is 1. The van der Waals surface area contributed by atoms with Gasteiger partial charge >= 0.3 is 5.97 Å². The van der Waals surface area contributed by atoms with E-state index in [9.17, 15) is 0 Å². The van der Waals surface area contributed by atoms with Crippen molar-refractivity contribution in [2.45, 2.75) is 259 Å². The second kappa shape index (κ2) is 26.5. The third-order valence-corrected chi connectivity index (χ3v) is 30.1. The van der Waals surface area contributed by atoms with Crippen LogP contribution in [0.4, 0.5) is 0 Å². The standard InChI is InChI=1S/C56H103IO8Si3/c1-40(31-28-29-36-57)37-48(64-67(20,21)54(9,10)11)42(3)47-38-46(63-66(18,19)53(6,7)8)35-30-34-45(59-17)33-27-25-24-26-32-41(2)51-44(5)52(62-56(15,16)61-51)43(4)49(39-50(58)60-47)65-68(22,23)55(12,13)14/h24-29,31,36-37,41-49,51-52H,30,32-35,38-39H2,1-23H3/b26-24+,27-25-,31-28+,36-29+,40-37+/t41-,42-,43+,44-,45+,46+,47-,48+,49+,51+,52-/m0/s1. The predicted octanol–water partition coefficient (Wildman–Crippen LogP) is 16.5. The van der Waals surface area contributed by atoms with Gasteiger partial charge in [0, 0.05) is 37.4 Å². The molecule has 0 aromatic rings. The van der Waals surface area contributed by atoms with Crippen molar-refractivity contribution in [1.82, 2.24) is 0 Å². The smallest absolute Gasteiger partial charge is 0.308 e. The van der Waals surface area contributed by atoms with Crippen molar-refractivity contribution in [1.29, 1.82) is 0 Å². The average molecular weight is 1120 g/mol. The Bertz CT molecular complexity index is 1700. The van der Waals surface area contributed by atoms with Crippen LogP contribution in [-0.2, 0) is 37.0 Å². The molecule has 0 radical (unpaired) electrons. The van der Waals surface area contributed by atoms with Crippen LogP contribution < -0.4 is 0 Å². The van der Waals surface area contributed by atoms with Crippen LogP contribution in [-0.4, -0.2) is 86.5 Å². The molecule has 68 heavy (non-hydrogen) atoms. The number of halogens is 1. The maximum atomic E-state index is 15.2. The number of ether oxygens (including phenoxy) is 4. The molecule has 0 aromatic heterocycles. The number of fused-ring (bicyclic) bond motifs is 2. The number of rotatable bonds is 12. The molecule has 0 saturated carbocycles. The Labute approximate surface area is 435 Å². The van der Waals surface area contributed by atoms with E-state index < -0.39 is 42.9 Å². The zero-order chi connectivity index (χ0) is 52.3. The van der Waals surface area contributed by atoms with E-state index in [1.807, 2.05) is 31.1 Å². The SMILES string of the molecule is CO[C@@H]1C/C=C\C=C\C[C@H](C)[C@H]2OC(C)(C)O[C@H]([C@H]2C)[C@H](C)[C@H](O[Si](C)(C)C(C)(C)C)CC(=O)O[C@H]([C@H](C)[C@@H](/C=C(C)/C=C/C=C/I)O[Si](C)(C)C(C)(C)C)C[C@H](O[Si](C)(C)C(C)(C)C)CCC1. The first kappa shape index (κ1) is 63.4. The summed E-state index contributed by atoms with van der Waals surface area (Å²) in [4.78, 5) is 15.2. The van der Waals surface area contributed by atoms with Gasteiger partial charge in [-0.25, -0.2) is 0 Å². The van der Waals surface area contributed by atoms with Crippen molar-refractivity contribution >= 4 is 53.5 Å². The maximum Gasteiger partial charge on any atom is 0.308 e. The van der Waals surface area contributed by atoms with Gasteiger partial charge in [0.05, 0.1) is 36.9 Å². The second-order valence-corrected chi connectivity index (χ2v) is 40.5. The van der Waals surface area contributed by atoms with E-state index in [1.54, 1.807) is 0 Å². The van der Waals surface area contributed by atoms with E-state index in [2.05, 4.69) is 201 Å². The molecule has 2 aliphatic rings. The van der Waals surface area contributed by atoms with Crippen molar-refractivity contribution in [3.05, 3.63) is 58.3 Å². The van der Waals surface area contributed by atoms with Gasteiger partial charge in [-0.15, -0.1) is 0 Å². The Morgan fingerprint density at radius 2 is 1.31 bits per heavy atom. The van der Waals surface area contributed by atoms with Crippen LogP contribution in [0.15, 0.2) is 58.3 Å². The number of esters is 1. The van der Waals surface area contributed by atoms with Crippen LogP contribution in [0, 0.1) is 23.7 Å². The zero-order valence-corrected chi connectivity index (χ0v) is 52.8. The zero-order valence-electron chi connectivity index (χ0n) is 47.6. The van der Waals surface area contributed by atoms with Crippen LogP contribution in [0.1, 0.15) is 156 Å². The number of carbonyl (C=O) groups excluding carboxylic acids is 1. The van der Waals surface area contributed by atoms with Gasteiger partial charge in [0.15, 0.2) is 30.7 Å². The van der Waals surface area contributed by atoms with Crippen LogP contribution in [0.5, 0.6) is 0 Å². The molecule has 1 saturated heterocycles. The molecule has 2 rings (SSSR count). The van der Waals surface area contributed by atoms with E-state index in [1.165, 1.54) is 0 Å². The summed E-state index contributed by atoms with van der Waals surface area (Å²) in [6, 6.07) is 0. The van der Waals surface area contributed by atoms with Crippen LogP contribution in [0.2, 0.25) is 54.4 Å². The molecule has 8 nitrogen and oxygen atoms in total. The van der Waals surface area contributed by atoms with Crippen molar-refractivity contribution in [2.75, 3.05) is 7.11 Å². The normalized spacial score (nSPS) is 30.9. The lowest BCUT2D eigenvalue weighted by Gasteiger charge is -2.50. The van der Waals surface area contributed by atoms with Crippen LogP contribution in [0.25, 0.3) is 0 Å². The molecule has 2 aliphatic heterocycles. The lowest BCUT2D eigenvalue weighted by Crippen LogP contribution is -2.57. The summed E-state index contributed by atoms with van der Waals surface area (Å²) >= 11 is 2.25. The summed E-state index contributed by atoms with van der Waals surface area (Å²) in [7, 11) is -5.17. The summed E-state index contributed by atoms with van der Waals surface area (Å²) in [6.45, 7) is 49.5. The van der Waals surface area contributed by atoms with Gasteiger partial charge < -0.3 is 32.2 Å². The molecule has 0 amide bonds. The lowest BCUT2D eigenvalue weighted by molar-refractivity contribution is -0.337. The van der Waals surface area contributed by atoms with E-state index in [0.29, 0.717) is 6.42 Å². The Balaban J connectivity index is 2.96. The van der Waals surface area contributed by atoms with Crippen molar-refractivity contribution in [3.63, 3.8) is 0 Å². The number of hydrogen-bond donors (Lipinski definition) is 0. The topological polar surface area (TPSA) is 81.7 Å². The molecule has 1 fully saturated rings. The maximum absolute atomic E-state index is 15.2. The molecule has 394 valence electrons. The number of carbonyl (C=O) groups is 1. The molecule has 12 heteroatoms. The fourth-order valence-corrected chi connectivity index (χ4v) is 12.9. The molecular weight excluding hydrogens is 1010 g/mol. The highest BCUT2D eigenvalue weighted by Crippen LogP contribution is 2.45. The molecule has 2 bridgehead atoms. The highest BCUT2D eigenvalue weighted by Gasteiger charge is 2.50. The highest BCUT2D eigenvalue weighted by atomic mass is 127. The minimum atomic E-state index is -2.40. The molecule has 0 aliphatic carbocycles. The third-order valence-electron chi connectivity index (χ3n) is 16.2. The molecule has 0 aromatic carbocycles. The van der Waals surface area contributed by atoms with Crippen molar-refractivity contribution in [3.8, 4) is 0 Å². The van der Waals surface area contributed by atoms with Gasteiger partial charge in [-0.2, -0.15) is 0 Å². The van der Waals surface area contributed by atoms with Gasteiger partial charge in [0.1, 0.15) is 6.10 Å². The summed E-state index contributed by atoms with van der Waals surface area (Å²) in [5.41, 5.74) is 1.10. The fourth-order valence-electron chi connectivity index (χ4n) is 8.54. The second-order valence-electron chi connectivity index (χ2n) is 25.6. The van der Waals surface area contributed by atoms with Gasteiger partial charge in [-0.1, -0.05) is 167 Å². The summed E-state index contributed by atoms with van der Waals surface area (Å²) in [5.74, 6) is -1.12. The predicted molar refractivity (Wildman–Crippen MR) is 304 cm³/mol. The summed E-state index contributed by atoms with van der Waals surface area (Å²) in [5, 5.41) is -0.123. The van der Waals surface area contributed by atoms with Crippen LogP contribution >= 0.6 is 22.6 Å². The number of hydrogen-bond acceptors (Lipinski definition) is 8. The van der Waals surface area contributed by atoms with E-state index in [-0.39, 0.29) is 81.7 Å². The minimum absolute atomic E-state index is 0.00919. The molecule has 11 atom stereocenters. The lowest BCUT2D eigenvalue weighted by atomic mass is 9.79. The van der Waals surface area contributed by atoms with E-state index in [4.69, 9.17) is 32.2 Å². The molecule has 2 heterocycles. The quantitative estimate of drug-likeness (QED) is 0.0827. The van der Waals surface area contributed by atoms with E-state index >= 15 is 4.79 Å². The van der Waals surface area contributed by atoms with Gasteiger partial charge in [0.25, 0.3) is 0 Å². The number of allylic oxidation sites excluding steroid dienone is 7.